The van der Waals surface area contributed by atoms with Crippen LogP contribution in [-0.4, -0.2) is 28.9 Å². The van der Waals surface area contributed by atoms with E-state index in [0.29, 0.717) is 18.2 Å². The molecule has 1 aliphatic rings. The van der Waals surface area contributed by atoms with Gasteiger partial charge in [-0.25, -0.2) is 4.98 Å². The molecule has 0 N–H and O–H groups in total. The molecule has 112 valence electrons. The first-order valence-corrected chi connectivity index (χ1v) is 8.70. The molecule has 3 rings (SSSR count). The highest BCUT2D eigenvalue weighted by Gasteiger charge is 2.25. The predicted octanol–water partition coefficient (Wildman–Crippen LogP) is 4.46. The third-order valence-corrected chi connectivity index (χ3v) is 5.46. The number of benzene rings is 1. The number of nitrogens with zero attached hydrogens (tertiary/aromatic N) is 2. The van der Waals surface area contributed by atoms with Crippen molar-refractivity contribution in [2.24, 2.45) is 0 Å². The minimum atomic E-state index is 0.298. The van der Waals surface area contributed by atoms with Gasteiger partial charge in [0.2, 0.25) is 5.91 Å². The average molecular weight is 323 g/mol. The molecule has 0 unspecified atom stereocenters. The summed E-state index contributed by atoms with van der Waals surface area (Å²) in [5.41, 5.74) is 0.993. The zero-order valence-electron chi connectivity index (χ0n) is 12.1. The van der Waals surface area contributed by atoms with Crippen LogP contribution in [-0.2, 0) is 4.79 Å². The van der Waals surface area contributed by atoms with Crippen LogP contribution in [0.25, 0.3) is 10.2 Å². The van der Waals surface area contributed by atoms with Crippen LogP contribution in [0, 0.1) is 0 Å². The lowest BCUT2D eigenvalue weighted by Gasteiger charge is -2.31. The summed E-state index contributed by atoms with van der Waals surface area (Å²) in [7, 11) is 0. The summed E-state index contributed by atoms with van der Waals surface area (Å²) >= 11 is 7.78. The minimum Gasteiger partial charge on any atom is -0.343 e. The Morgan fingerprint density at radius 3 is 2.90 bits per heavy atom. The first-order chi connectivity index (χ1) is 10.2. The maximum absolute atomic E-state index is 11.9. The molecule has 1 saturated heterocycles. The molecule has 1 aliphatic heterocycles. The van der Waals surface area contributed by atoms with Gasteiger partial charge in [-0.15, -0.1) is 11.3 Å². The van der Waals surface area contributed by atoms with Gasteiger partial charge < -0.3 is 4.90 Å². The molecule has 0 aliphatic carbocycles. The van der Waals surface area contributed by atoms with Gasteiger partial charge in [-0.3, -0.25) is 4.79 Å². The van der Waals surface area contributed by atoms with E-state index in [1.807, 2.05) is 23.1 Å². The Bertz CT molecular complexity index is 647. The van der Waals surface area contributed by atoms with Gasteiger partial charge in [0.15, 0.2) is 0 Å². The number of piperidine rings is 1. The fraction of sp³-hybridized carbons (Fsp3) is 0.500. The second kappa shape index (κ2) is 6.32. The van der Waals surface area contributed by atoms with Crippen LogP contribution >= 0.6 is 22.9 Å². The lowest BCUT2D eigenvalue weighted by Crippen LogP contribution is -2.37. The molecular formula is C16H19ClN2OS. The van der Waals surface area contributed by atoms with Crippen molar-refractivity contribution in [3.8, 4) is 0 Å². The van der Waals surface area contributed by atoms with Gasteiger partial charge in [-0.05, 0) is 37.5 Å². The Kier molecular flexibility index (Phi) is 4.45. The number of rotatable bonds is 3. The number of hydrogen-bond acceptors (Lipinski definition) is 3. The number of amides is 1. The van der Waals surface area contributed by atoms with Crippen LogP contribution in [0.3, 0.4) is 0 Å². The second-order valence-corrected chi connectivity index (χ2v) is 7.07. The van der Waals surface area contributed by atoms with Gasteiger partial charge in [0.05, 0.1) is 15.2 Å². The topological polar surface area (TPSA) is 33.2 Å². The Hall–Kier alpha value is -1.13. The quantitative estimate of drug-likeness (QED) is 0.836. The van der Waals surface area contributed by atoms with E-state index in [1.54, 1.807) is 11.3 Å². The Morgan fingerprint density at radius 1 is 1.43 bits per heavy atom. The molecule has 1 fully saturated rings. The normalized spacial score (nSPS) is 16.6. The van der Waals surface area contributed by atoms with Gasteiger partial charge in [0.25, 0.3) is 0 Å². The molecule has 1 aromatic carbocycles. The van der Waals surface area contributed by atoms with Crippen molar-refractivity contribution in [2.75, 3.05) is 13.1 Å². The van der Waals surface area contributed by atoms with E-state index in [4.69, 9.17) is 16.6 Å². The van der Waals surface area contributed by atoms with Gasteiger partial charge in [-0.2, -0.15) is 0 Å². The van der Waals surface area contributed by atoms with E-state index >= 15 is 0 Å². The van der Waals surface area contributed by atoms with Crippen LogP contribution in [0.4, 0.5) is 0 Å². The lowest BCUT2D eigenvalue weighted by molar-refractivity contribution is -0.132. The molecular weight excluding hydrogens is 304 g/mol. The van der Waals surface area contributed by atoms with Crippen LogP contribution in [0.1, 0.15) is 43.5 Å². The number of carbonyl (C=O) groups excluding carboxylic acids is 1. The van der Waals surface area contributed by atoms with E-state index < -0.39 is 0 Å². The lowest BCUT2D eigenvalue weighted by atomic mass is 9.97. The zero-order valence-corrected chi connectivity index (χ0v) is 13.7. The summed E-state index contributed by atoms with van der Waals surface area (Å²) in [5.74, 6) is 0.777. The molecule has 0 saturated carbocycles. The van der Waals surface area contributed by atoms with Crippen molar-refractivity contribution in [3.63, 3.8) is 0 Å². The first-order valence-electron chi connectivity index (χ1n) is 7.51. The summed E-state index contributed by atoms with van der Waals surface area (Å²) in [6.45, 7) is 3.78. The van der Waals surface area contributed by atoms with Crippen molar-refractivity contribution in [2.45, 2.75) is 38.5 Å². The molecule has 2 aromatic rings. The Morgan fingerprint density at radius 2 is 2.19 bits per heavy atom. The van der Waals surface area contributed by atoms with Crippen molar-refractivity contribution >= 4 is 39.1 Å². The van der Waals surface area contributed by atoms with Crippen LogP contribution < -0.4 is 0 Å². The third-order valence-electron chi connectivity index (χ3n) is 4.03. The molecule has 3 nitrogen and oxygen atoms in total. The van der Waals surface area contributed by atoms with Crippen LogP contribution in [0.5, 0.6) is 0 Å². The predicted molar refractivity (Wildman–Crippen MR) is 88.1 cm³/mol. The van der Waals surface area contributed by atoms with Gasteiger partial charge in [-0.1, -0.05) is 18.5 Å². The number of hydrogen-bond donors (Lipinski definition) is 0. The molecule has 0 radical (unpaired) electrons. The average Bonchev–Trinajstić information content (AvgIpc) is 2.90. The van der Waals surface area contributed by atoms with Crippen molar-refractivity contribution < 1.29 is 4.79 Å². The monoisotopic (exact) mass is 322 g/mol. The van der Waals surface area contributed by atoms with Crippen molar-refractivity contribution in [3.05, 3.63) is 28.2 Å². The molecule has 0 atom stereocenters. The molecule has 1 amide bonds. The van der Waals surface area contributed by atoms with E-state index in [1.165, 1.54) is 9.71 Å². The molecule has 5 heteroatoms. The molecule has 1 aromatic heterocycles. The van der Waals surface area contributed by atoms with Gasteiger partial charge >= 0.3 is 0 Å². The number of carbonyl (C=O) groups is 1. The number of aromatic nitrogens is 1. The smallest absolute Gasteiger partial charge is 0.222 e. The highest BCUT2D eigenvalue weighted by atomic mass is 35.5. The first kappa shape index (κ1) is 14.8. The number of likely N-dealkylation sites (tertiary alicyclic amines) is 1. The SMILES string of the molecule is CCCC(=O)N1CCC(c2nc3cc(Cl)ccc3s2)CC1. The Balaban J connectivity index is 1.69. The molecule has 21 heavy (non-hydrogen) atoms. The van der Waals surface area contributed by atoms with E-state index in [0.717, 1.165) is 42.9 Å². The fourth-order valence-corrected chi connectivity index (χ4v) is 4.12. The standard InChI is InChI=1S/C16H19ClN2OS/c1-2-3-15(20)19-8-6-11(7-9-19)16-18-13-10-12(17)4-5-14(13)21-16/h4-5,10-11H,2-3,6-9H2,1H3. The van der Waals surface area contributed by atoms with Crippen LogP contribution in [0.15, 0.2) is 18.2 Å². The third kappa shape index (κ3) is 3.22. The summed E-state index contributed by atoms with van der Waals surface area (Å²) in [6.07, 6.45) is 3.63. The number of halogens is 1. The number of thiazole rings is 1. The van der Waals surface area contributed by atoms with Gasteiger partial charge in [0.1, 0.15) is 0 Å². The zero-order chi connectivity index (χ0) is 14.8. The van der Waals surface area contributed by atoms with E-state index in [-0.39, 0.29) is 0 Å². The van der Waals surface area contributed by atoms with E-state index in [9.17, 15) is 4.79 Å². The minimum absolute atomic E-state index is 0.298. The second-order valence-electron chi connectivity index (χ2n) is 5.57. The van der Waals surface area contributed by atoms with E-state index in [2.05, 4.69) is 6.92 Å². The summed E-state index contributed by atoms with van der Waals surface area (Å²) in [6, 6.07) is 5.88. The largest absolute Gasteiger partial charge is 0.343 e. The fourth-order valence-electron chi connectivity index (χ4n) is 2.84. The van der Waals surface area contributed by atoms with Crippen molar-refractivity contribution in [1.29, 1.82) is 0 Å². The molecule has 0 spiro atoms. The molecule has 0 bridgehead atoms. The maximum atomic E-state index is 11.9. The summed E-state index contributed by atoms with van der Waals surface area (Å²) in [5, 5.41) is 1.93. The van der Waals surface area contributed by atoms with Crippen molar-refractivity contribution in [1.82, 2.24) is 9.88 Å². The Labute approximate surface area is 133 Å². The van der Waals surface area contributed by atoms with Gasteiger partial charge in [0, 0.05) is 30.5 Å². The maximum Gasteiger partial charge on any atom is 0.222 e. The summed E-state index contributed by atoms with van der Waals surface area (Å²) in [4.78, 5) is 18.7. The number of fused-ring (bicyclic) bond motifs is 1. The van der Waals surface area contributed by atoms with Crippen LogP contribution in [0.2, 0.25) is 5.02 Å². The summed E-state index contributed by atoms with van der Waals surface area (Å²) < 4.78 is 1.19. The highest BCUT2D eigenvalue weighted by Crippen LogP contribution is 2.34. The molecule has 2 heterocycles. The highest BCUT2D eigenvalue weighted by molar-refractivity contribution is 7.18.